The molecule has 2 aromatic rings. The maximum atomic E-state index is 13.3. The highest BCUT2D eigenvalue weighted by molar-refractivity contribution is 7.99. The van der Waals surface area contributed by atoms with Gasteiger partial charge >= 0.3 is 12.2 Å². The smallest absolute Gasteiger partial charge is 0.408 e. The van der Waals surface area contributed by atoms with Gasteiger partial charge in [-0.05, 0) is 18.4 Å². The number of halogens is 3. The molecule has 1 aromatic carbocycles. The Morgan fingerprint density at radius 1 is 1.36 bits per heavy atom. The van der Waals surface area contributed by atoms with Crippen LogP contribution in [0.25, 0.3) is 0 Å². The molecule has 0 spiro atoms. The highest BCUT2D eigenvalue weighted by Crippen LogP contribution is 2.39. The van der Waals surface area contributed by atoms with Crippen LogP contribution in [0.3, 0.4) is 0 Å². The molecule has 0 radical (unpaired) electrons. The summed E-state index contributed by atoms with van der Waals surface area (Å²) in [6.45, 7) is 3.03. The predicted molar refractivity (Wildman–Crippen MR) is 87.2 cm³/mol. The van der Waals surface area contributed by atoms with E-state index in [-0.39, 0.29) is 28.1 Å². The first kappa shape index (κ1) is 19.4. The molecule has 1 heterocycles. The summed E-state index contributed by atoms with van der Waals surface area (Å²) in [6, 6.07) is 1.63. The van der Waals surface area contributed by atoms with Crippen LogP contribution in [0.5, 0.6) is 0 Å². The second-order valence-electron chi connectivity index (χ2n) is 4.74. The number of hydrogen-bond donors (Lipinski definition) is 1. The highest BCUT2D eigenvalue weighted by atomic mass is 32.2. The lowest BCUT2D eigenvalue weighted by Gasteiger charge is -2.17. The summed E-state index contributed by atoms with van der Waals surface area (Å²) in [7, 11) is -1.90. The molecule has 0 saturated carbocycles. The van der Waals surface area contributed by atoms with E-state index >= 15 is 0 Å². The third-order valence-electron chi connectivity index (χ3n) is 3.10. The monoisotopic (exact) mass is 393 g/mol. The number of carbonyl (C=O) groups excluding carboxylic acids is 1. The van der Waals surface area contributed by atoms with E-state index in [1.165, 1.54) is 20.1 Å². The molecule has 11 heteroatoms. The highest BCUT2D eigenvalue weighted by Gasteiger charge is 2.37. The average molecular weight is 393 g/mol. The number of nitrogens with one attached hydrogen (secondary N) is 1. The third kappa shape index (κ3) is 4.21. The van der Waals surface area contributed by atoms with Gasteiger partial charge in [-0.1, -0.05) is 12.0 Å². The van der Waals surface area contributed by atoms with E-state index < -0.39 is 33.3 Å². The summed E-state index contributed by atoms with van der Waals surface area (Å²) in [5.74, 6) is -0.512. The van der Waals surface area contributed by atoms with Crippen LogP contribution in [0.15, 0.2) is 26.3 Å². The summed E-state index contributed by atoms with van der Waals surface area (Å²) in [4.78, 5) is 12.0. The molecule has 0 saturated heterocycles. The first-order valence-corrected chi connectivity index (χ1v) is 9.51. The number of alkyl halides is 3. The van der Waals surface area contributed by atoms with E-state index in [2.05, 4.69) is 15.5 Å². The van der Waals surface area contributed by atoms with Gasteiger partial charge in [0.05, 0.1) is 26.8 Å². The fraction of sp³-hybridized carbons (Fsp3) is 0.357. The molecule has 0 aliphatic rings. The van der Waals surface area contributed by atoms with Gasteiger partial charge in [0.15, 0.2) is 0 Å². The number of benzene rings is 1. The maximum absolute atomic E-state index is 13.3. The second-order valence-corrected chi connectivity index (χ2v) is 7.23. The van der Waals surface area contributed by atoms with Crippen LogP contribution >= 0.6 is 11.8 Å². The minimum absolute atomic E-state index is 0.00347. The lowest BCUT2D eigenvalue weighted by atomic mass is 10.1. The van der Waals surface area contributed by atoms with Crippen LogP contribution in [0.4, 0.5) is 19.2 Å². The summed E-state index contributed by atoms with van der Waals surface area (Å²) in [5.41, 5.74) is -1.06. The molecule has 1 atom stereocenters. The summed E-state index contributed by atoms with van der Waals surface area (Å²) in [5, 5.41) is 9.47. The molecular formula is C14H14F3N3O3S2. The average Bonchev–Trinajstić information content (AvgIpc) is 2.96. The van der Waals surface area contributed by atoms with Crippen LogP contribution in [-0.4, -0.2) is 32.3 Å². The number of rotatable bonds is 5. The molecular weight excluding hydrogens is 379 g/mol. The van der Waals surface area contributed by atoms with Crippen molar-refractivity contribution in [3.8, 4) is 0 Å². The van der Waals surface area contributed by atoms with Crippen LogP contribution < -0.4 is 5.32 Å². The number of aromatic nitrogens is 2. The Kier molecular flexibility index (Phi) is 5.88. The Hall–Kier alpha value is -1.88. The summed E-state index contributed by atoms with van der Waals surface area (Å²) >= 11 is 0.920. The molecule has 2 rings (SSSR count). The summed E-state index contributed by atoms with van der Waals surface area (Å²) < 4.78 is 57.0. The fourth-order valence-corrected chi connectivity index (χ4v) is 4.29. The van der Waals surface area contributed by atoms with Gasteiger partial charge in [-0.3, -0.25) is 14.3 Å². The van der Waals surface area contributed by atoms with Gasteiger partial charge in [-0.25, -0.2) is 0 Å². The van der Waals surface area contributed by atoms with Crippen molar-refractivity contribution in [3.63, 3.8) is 0 Å². The SMILES string of the molecule is CC[S@](=O)c1c(C(F)(F)F)ccc(C(=O)Nc2nnc(C)o2)c1SC. The maximum Gasteiger partial charge on any atom is 0.417 e. The predicted octanol–water partition coefficient (Wildman–Crippen LogP) is 3.50. The molecule has 0 aliphatic heterocycles. The van der Waals surface area contributed by atoms with Crippen molar-refractivity contribution in [2.75, 3.05) is 17.3 Å². The van der Waals surface area contributed by atoms with Gasteiger partial charge in [0.25, 0.3) is 5.91 Å². The lowest BCUT2D eigenvalue weighted by Crippen LogP contribution is -2.18. The zero-order chi connectivity index (χ0) is 18.8. The van der Waals surface area contributed by atoms with Crippen molar-refractivity contribution in [2.24, 2.45) is 0 Å². The Balaban J connectivity index is 2.55. The van der Waals surface area contributed by atoms with Crippen LogP contribution in [-0.2, 0) is 17.0 Å². The first-order valence-electron chi connectivity index (χ1n) is 6.97. The molecule has 0 aliphatic carbocycles. The topological polar surface area (TPSA) is 85.1 Å². The lowest BCUT2D eigenvalue weighted by molar-refractivity contribution is -0.140. The van der Waals surface area contributed by atoms with E-state index in [0.717, 1.165) is 23.9 Å². The van der Waals surface area contributed by atoms with E-state index in [1.807, 2.05) is 0 Å². The van der Waals surface area contributed by atoms with Gasteiger partial charge in [0, 0.05) is 17.6 Å². The van der Waals surface area contributed by atoms with Crippen LogP contribution in [0.1, 0.15) is 28.7 Å². The fourth-order valence-electron chi connectivity index (χ4n) is 2.05. The van der Waals surface area contributed by atoms with E-state index in [4.69, 9.17) is 4.42 Å². The number of anilines is 1. The van der Waals surface area contributed by atoms with Gasteiger partial charge in [0.1, 0.15) is 0 Å². The standard InChI is InChI=1S/C14H14F3N3O3S2/c1-4-25(22)11-9(14(15,16)17)6-5-8(10(11)24-3)12(21)18-13-20-19-7(2)23-13/h5-6H,4H2,1-3H3,(H,18,20,21)/t25-/m0/s1. The molecule has 136 valence electrons. The number of nitrogens with zero attached hydrogens (tertiary/aromatic N) is 2. The third-order valence-corrected chi connectivity index (χ3v) is 5.47. The minimum atomic E-state index is -4.68. The van der Waals surface area contributed by atoms with E-state index in [1.54, 1.807) is 0 Å². The van der Waals surface area contributed by atoms with Crippen LogP contribution in [0, 0.1) is 6.92 Å². The Labute approximate surface area is 148 Å². The molecule has 1 aromatic heterocycles. The molecule has 0 bridgehead atoms. The Morgan fingerprint density at radius 3 is 2.52 bits per heavy atom. The summed E-state index contributed by atoms with van der Waals surface area (Å²) in [6.07, 6.45) is -3.16. The van der Waals surface area contributed by atoms with Gasteiger partial charge in [0.2, 0.25) is 5.89 Å². The number of aryl methyl sites for hydroxylation is 1. The zero-order valence-corrected chi connectivity index (χ0v) is 15.1. The zero-order valence-electron chi connectivity index (χ0n) is 13.4. The van der Waals surface area contributed by atoms with Gasteiger partial charge in [-0.15, -0.1) is 16.9 Å². The molecule has 1 amide bonds. The minimum Gasteiger partial charge on any atom is -0.408 e. The van der Waals surface area contributed by atoms with Gasteiger partial charge < -0.3 is 4.42 Å². The van der Waals surface area contributed by atoms with Crippen molar-refractivity contribution in [1.82, 2.24) is 10.2 Å². The normalized spacial score (nSPS) is 12.9. The number of thioether (sulfide) groups is 1. The molecule has 25 heavy (non-hydrogen) atoms. The van der Waals surface area contributed by atoms with Crippen molar-refractivity contribution >= 4 is 34.5 Å². The quantitative estimate of drug-likeness (QED) is 0.783. The van der Waals surface area contributed by atoms with Crippen molar-refractivity contribution < 1.29 is 26.6 Å². The van der Waals surface area contributed by atoms with E-state index in [0.29, 0.717) is 0 Å². The largest absolute Gasteiger partial charge is 0.417 e. The first-order chi connectivity index (χ1) is 11.7. The van der Waals surface area contributed by atoms with E-state index in [9.17, 15) is 22.2 Å². The van der Waals surface area contributed by atoms with Crippen molar-refractivity contribution in [1.29, 1.82) is 0 Å². The molecule has 0 fully saturated rings. The van der Waals surface area contributed by atoms with Gasteiger partial charge in [-0.2, -0.15) is 13.2 Å². The Bertz CT molecular complexity index is 821. The van der Waals surface area contributed by atoms with Crippen molar-refractivity contribution in [2.45, 2.75) is 29.8 Å². The molecule has 6 nitrogen and oxygen atoms in total. The second kappa shape index (κ2) is 7.56. The van der Waals surface area contributed by atoms with Crippen molar-refractivity contribution in [3.05, 3.63) is 29.2 Å². The number of amides is 1. The number of carbonyl (C=O) groups is 1. The molecule has 0 unspecified atom stereocenters. The molecule has 1 N–H and O–H groups in total. The number of hydrogen-bond acceptors (Lipinski definition) is 6. The Morgan fingerprint density at radius 2 is 2.04 bits per heavy atom. The van der Waals surface area contributed by atoms with Crippen LogP contribution in [0.2, 0.25) is 0 Å².